The van der Waals surface area contributed by atoms with Gasteiger partial charge in [-0.15, -0.1) is 0 Å². The van der Waals surface area contributed by atoms with Gasteiger partial charge < -0.3 is 14.8 Å². The average Bonchev–Trinajstić information content (AvgIpc) is 3.69. The Hall–Kier alpha value is -3.87. The third kappa shape index (κ3) is 4.91. The molecule has 2 aromatic carbocycles. The molecule has 7 nitrogen and oxygen atoms in total. The number of aryl methyl sites for hydroxylation is 1. The number of aromatic nitrogens is 3. The number of hydrogen-bond donors (Lipinski definition) is 1. The lowest BCUT2D eigenvalue weighted by molar-refractivity contribution is 0.0955. The van der Waals surface area contributed by atoms with Crippen LogP contribution < -0.4 is 14.8 Å². The van der Waals surface area contributed by atoms with Gasteiger partial charge in [-0.1, -0.05) is 24.3 Å². The number of benzene rings is 2. The van der Waals surface area contributed by atoms with Gasteiger partial charge >= 0.3 is 0 Å². The van der Waals surface area contributed by atoms with Gasteiger partial charge in [0.1, 0.15) is 0 Å². The van der Waals surface area contributed by atoms with Gasteiger partial charge in [-0.05, 0) is 75.9 Å². The van der Waals surface area contributed by atoms with E-state index >= 15 is 0 Å². The Labute approximate surface area is 211 Å². The van der Waals surface area contributed by atoms with Gasteiger partial charge in [-0.25, -0.2) is 9.67 Å². The van der Waals surface area contributed by atoms with Gasteiger partial charge in [0.2, 0.25) is 0 Å². The number of hydrogen-bond acceptors (Lipinski definition) is 5. The highest BCUT2D eigenvalue weighted by atomic mass is 16.5. The van der Waals surface area contributed by atoms with Gasteiger partial charge in [-0.2, -0.15) is 5.10 Å². The van der Waals surface area contributed by atoms with Crippen LogP contribution in [0.4, 0.5) is 0 Å². The number of carbonyl (C=O) groups excluding carboxylic acids is 1. The molecule has 1 amide bonds. The fraction of sp³-hybridized carbons (Fsp3) is 0.345. The van der Waals surface area contributed by atoms with Crippen LogP contribution in [0.25, 0.3) is 16.7 Å². The molecule has 1 N–H and O–H groups in total. The van der Waals surface area contributed by atoms with Crippen molar-refractivity contribution in [1.29, 1.82) is 0 Å². The zero-order chi connectivity index (χ0) is 25.1. The fourth-order valence-corrected chi connectivity index (χ4v) is 4.49. The highest BCUT2D eigenvalue weighted by molar-refractivity contribution is 6.06. The largest absolute Gasteiger partial charge is 0.490 e. The zero-order valence-electron chi connectivity index (χ0n) is 21.1. The summed E-state index contributed by atoms with van der Waals surface area (Å²) in [7, 11) is 0. The van der Waals surface area contributed by atoms with E-state index in [0.717, 1.165) is 58.0 Å². The van der Waals surface area contributed by atoms with Crippen molar-refractivity contribution in [1.82, 2.24) is 20.1 Å². The maximum atomic E-state index is 13.4. The van der Waals surface area contributed by atoms with E-state index in [0.29, 0.717) is 37.7 Å². The van der Waals surface area contributed by atoms with Crippen LogP contribution in [0.5, 0.6) is 11.5 Å². The topological polar surface area (TPSA) is 78.3 Å². The predicted octanol–water partition coefficient (Wildman–Crippen LogP) is 5.38. The van der Waals surface area contributed by atoms with Crippen molar-refractivity contribution in [3.05, 3.63) is 77.1 Å². The highest BCUT2D eigenvalue weighted by Crippen LogP contribution is 2.40. The van der Waals surface area contributed by atoms with Crippen molar-refractivity contribution in [2.75, 3.05) is 19.8 Å². The first kappa shape index (κ1) is 23.9. The molecular weight excluding hydrogens is 452 g/mol. The SMILES string of the molecule is CCOc1ccc(CCNC(=O)c2cc(C3CC3)nc3c2c(C)nn3-c2ccccc2)cc1OCC. The third-order valence-corrected chi connectivity index (χ3v) is 6.38. The van der Waals surface area contributed by atoms with E-state index in [1.54, 1.807) is 0 Å². The van der Waals surface area contributed by atoms with Gasteiger partial charge in [0.25, 0.3) is 5.91 Å². The summed E-state index contributed by atoms with van der Waals surface area (Å²) in [5.41, 5.74) is 5.15. The molecule has 0 saturated heterocycles. The van der Waals surface area contributed by atoms with Gasteiger partial charge in [0.15, 0.2) is 17.1 Å². The van der Waals surface area contributed by atoms with Crippen molar-refractivity contribution in [2.24, 2.45) is 0 Å². The van der Waals surface area contributed by atoms with Crippen LogP contribution in [-0.4, -0.2) is 40.4 Å². The first-order valence-electron chi connectivity index (χ1n) is 12.7. The van der Waals surface area contributed by atoms with Gasteiger partial charge in [-0.3, -0.25) is 4.79 Å². The summed E-state index contributed by atoms with van der Waals surface area (Å²) in [6.07, 6.45) is 2.90. The van der Waals surface area contributed by atoms with Crippen LogP contribution in [0.1, 0.15) is 59.9 Å². The standard InChI is InChI=1S/C29H32N4O3/c1-4-35-25-14-11-20(17-26(25)36-5-2)15-16-30-29(34)23-18-24(21-12-13-21)31-28-27(23)19(3)32-33(28)22-9-7-6-8-10-22/h6-11,14,17-18,21H,4-5,12-13,15-16H2,1-3H3,(H,30,34). The molecule has 0 aliphatic heterocycles. The Morgan fingerprint density at radius 1 is 1.03 bits per heavy atom. The summed E-state index contributed by atoms with van der Waals surface area (Å²) in [5, 5.41) is 8.67. The van der Waals surface area contributed by atoms with E-state index in [4.69, 9.17) is 19.6 Å². The molecule has 186 valence electrons. The molecular formula is C29H32N4O3. The average molecular weight is 485 g/mol. The highest BCUT2D eigenvalue weighted by Gasteiger charge is 2.29. The number of pyridine rings is 1. The van der Waals surface area contributed by atoms with E-state index < -0.39 is 0 Å². The molecule has 0 radical (unpaired) electrons. The van der Waals surface area contributed by atoms with E-state index in [1.807, 2.05) is 80.1 Å². The lowest BCUT2D eigenvalue weighted by atomic mass is 10.1. The number of rotatable bonds is 10. The van der Waals surface area contributed by atoms with Crippen molar-refractivity contribution < 1.29 is 14.3 Å². The van der Waals surface area contributed by atoms with Crippen LogP contribution in [0.15, 0.2) is 54.6 Å². The maximum Gasteiger partial charge on any atom is 0.252 e. The van der Waals surface area contributed by atoms with Crippen molar-refractivity contribution in [2.45, 2.75) is 46.0 Å². The molecule has 0 spiro atoms. The summed E-state index contributed by atoms with van der Waals surface area (Å²) in [6, 6.07) is 17.8. The molecule has 2 aromatic heterocycles. The lowest BCUT2D eigenvalue weighted by Gasteiger charge is -2.13. The van der Waals surface area contributed by atoms with E-state index in [2.05, 4.69) is 5.32 Å². The maximum absolute atomic E-state index is 13.4. The smallest absolute Gasteiger partial charge is 0.252 e. The van der Waals surface area contributed by atoms with Crippen molar-refractivity contribution in [3.63, 3.8) is 0 Å². The van der Waals surface area contributed by atoms with Crippen LogP contribution >= 0.6 is 0 Å². The fourth-order valence-electron chi connectivity index (χ4n) is 4.49. The summed E-state index contributed by atoms with van der Waals surface area (Å²) in [6.45, 7) is 7.50. The molecule has 2 heterocycles. The Kier molecular flexibility index (Phi) is 6.89. The van der Waals surface area contributed by atoms with E-state index in [-0.39, 0.29) is 5.91 Å². The minimum Gasteiger partial charge on any atom is -0.490 e. The number of para-hydroxylation sites is 1. The van der Waals surface area contributed by atoms with E-state index in [9.17, 15) is 4.79 Å². The molecule has 36 heavy (non-hydrogen) atoms. The Morgan fingerprint density at radius 3 is 2.50 bits per heavy atom. The number of carbonyl (C=O) groups is 1. The van der Waals surface area contributed by atoms with Crippen LogP contribution in [0.2, 0.25) is 0 Å². The molecule has 1 fully saturated rings. The predicted molar refractivity (Wildman–Crippen MR) is 140 cm³/mol. The summed E-state index contributed by atoms with van der Waals surface area (Å²) >= 11 is 0. The first-order valence-corrected chi connectivity index (χ1v) is 12.7. The van der Waals surface area contributed by atoms with E-state index in [1.165, 1.54) is 0 Å². The number of ether oxygens (including phenoxy) is 2. The van der Waals surface area contributed by atoms with Crippen LogP contribution in [0.3, 0.4) is 0 Å². The Bertz CT molecular complexity index is 1380. The normalized spacial score (nSPS) is 13.1. The molecule has 1 saturated carbocycles. The Balaban J connectivity index is 1.39. The number of nitrogens with one attached hydrogen (secondary N) is 1. The lowest BCUT2D eigenvalue weighted by Crippen LogP contribution is -2.26. The molecule has 4 aromatic rings. The number of nitrogens with zero attached hydrogens (tertiary/aromatic N) is 3. The Morgan fingerprint density at radius 2 is 1.78 bits per heavy atom. The van der Waals surface area contributed by atoms with Gasteiger partial charge in [0.05, 0.1) is 35.5 Å². The number of amides is 1. The monoisotopic (exact) mass is 484 g/mol. The summed E-state index contributed by atoms with van der Waals surface area (Å²) in [4.78, 5) is 18.4. The molecule has 7 heteroatoms. The third-order valence-electron chi connectivity index (χ3n) is 6.38. The quantitative estimate of drug-likeness (QED) is 0.327. The van der Waals surface area contributed by atoms with Crippen LogP contribution in [0, 0.1) is 6.92 Å². The molecule has 5 rings (SSSR count). The first-order chi connectivity index (χ1) is 17.6. The number of fused-ring (bicyclic) bond motifs is 1. The molecule has 0 unspecified atom stereocenters. The second-order valence-electron chi connectivity index (χ2n) is 9.05. The molecule has 0 bridgehead atoms. The minimum atomic E-state index is -0.101. The second-order valence-corrected chi connectivity index (χ2v) is 9.05. The second kappa shape index (κ2) is 10.4. The molecule has 0 atom stereocenters. The van der Waals surface area contributed by atoms with Gasteiger partial charge in [0, 0.05) is 18.2 Å². The van der Waals surface area contributed by atoms with Crippen molar-refractivity contribution >= 4 is 16.9 Å². The summed E-state index contributed by atoms with van der Waals surface area (Å²) < 4.78 is 13.2. The van der Waals surface area contributed by atoms with Crippen LogP contribution in [-0.2, 0) is 6.42 Å². The van der Waals surface area contributed by atoms with Crippen molar-refractivity contribution in [3.8, 4) is 17.2 Å². The summed E-state index contributed by atoms with van der Waals surface area (Å²) in [5.74, 6) is 1.79. The minimum absolute atomic E-state index is 0.101. The molecule has 1 aliphatic rings. The molecule has 1 aliphatic carbocycles. The zero-order valence-corrected chi connectivity index (χ0v) is 21.1.